The zero-order valence-electron chi connectivity index (χ0n) is 12.6. The summed E-state index contributed by atoms with van der Waals surface area (Å²) in [6, 6.07) is 1.99. The van der Waals surface area contributed by atoms with E-state index in [1.54, 1.807) is 18.7 Å². The number of pyridine rings is 1. The van der Waals surface area contributed by atoms with Gasteiger partial charge in [-0.25, -0.2) is 14.6 Å². The van der Waals surface area contributed by atoms with Gasteiger partial charge < -0.3 is 4.57 Å². The fourth-order valence-corrected chi connectivity index (χ4v) is 2.60. The molecular formula is C16H18N6. The predicted molar refractivity (Wildman–Crippen MR) is 81.6 cm³/mol. The number of nitrogens with zero attached hydrogens (tertiary/aromatic N) is 6. The van der Waals surface area contributed by atoms with Crippen LogP contribution in [0.1, 0.15) is 30.1 Å². The molecule has 3 aromatic heterocycles. The molecule has 0 bridgehead atoms. The molecule has 1 saturated carbocycles. The van der Waals surface area contributed by atoms with Crippen LogP contribution in [0, 0.1) is 12.8 Å². The van der Waals surface area contributed by atoms with E-state index in [4.69, 9.17) is 10.1 Å². The highest BCUT2D eigenvalue weighted by molar-refractivity contribution is 5.37. The highest BCUT2D eigenvalue weighted by atomic mass is 15.4. The molecule has 22 heavy (non-hydrogen) atoms. The van der Waals surface area contributed by atoms with Gasteiger partial charge in [0.2, 0.25) is 0 Å². The van der Waals surface area contributed by atoms with E-state index < -0.39 is 0 Å². The normalized spacial score (nSPS) is 14.4. The predicted octanol–water partition coefficient (Wildman–Crippen LogP) is 2.17. The van der Waals surface area contributed by atoms with Crippen LogP contribution in [0.25, 0.3) is 5.69 Å². The zero-order chi connectivity index (χ0) is 14.9. The van der Waals surface area contributed by atoms with Crippen molar-refractivity contribution < 1.29 is 0 Å². The first-order valence-corrected chi connectivity index (χ1v) is 7.61. The molecule has 0 aromatic carbocycles. The first-order chi connectivity index (χ1) is 10.8. The van der Waals surface area contributed by atoms with Crippen molar-refractivity contribution in [3.8, 4) is 5.69 Å². The second kappa shape index (κ2) is 5.36. The summed E-state index contributed by atoms with van der Waals surface area (Å²) in [7, 11) is 0. The summed E-state index contributed by atoms with van der Waals surface area (Å²) in [5.41, 5.74) is 2.14. The third kappa shape index (κ3) is 2.64. The monoisotopic (exact) mass is 294 g/mol. The van der Waals surface area contributed by atoms with Gasteiger partial charge in [0.15, 0.2) is 11.6 Å². The Hall–Kier alpha value is -2.50. The van der Waals surface area contributed by atoms with Crippen molar-refractivity contribution in [2.45, 2.75) is 32.7 Å². The van der Waals surface area contributed by atoms with Gasteiger partial charge in [0.1, 0.15) is 0 Å². The van der Waals surface area contributed by atoms with Crippen LogP contribution in [-0.4, -0.2) is 29.3 Å². The van der Waals surface area contributed by atoms with Crippen LogP contribution in [0.4, 0.5) is 0 Å². The summed E-state index contributed by atoms with van der Waals surface area (Å²) < 4.78 is 3.96. The Morgan fingerprint density at radius 3 is 2.86 bits per heavy atom. The van der Waals surface area contributed by atoms with Gasteiger partial charge in [0.25, 0.3) is 0 Å². The standard InChI is InChI=1S/C16H18N6/c1-12-9-17-5-4-14(12)22-16(10-21-7-6-18-11-21)19-15(20-22)8-13-2-3-13/h4-7,9,11,13H,2-3,8,10H2,1H3. The molecule has 0 atom stereocenters. The summed E-state index contributed by atoms with van der Waals surface area (Å²) in [5.74, 6) is 2.65. The van der Waals surface area contributed by atoms with Crippen molar-refractivity contribution >= 4 is 0 Å². The van der Waals surface area contributed by atoms with Crippen LogP contribution < -0.4 is 0 Å². The molecule has 3 heterocycles. The maximum atomic E-state index is 4.77. The maximum absolute atomic E-state index is 4.77. The molecule has 3 aromatic rings. The van der Waals surface area contributed by atoms with Crippen LogP contribution in [0.2, 0.25) is 0 Å². The second-order valence-electron chi connectivity index (χ2n) is 5.90. The quantitative estimate of drug-likeness (QED) is 0.723. The Morgan fingerprint density at radius 1 is 1.23 bits per heavy atom. The summed E-state index contributed by atoms with van der Waals surface area (Å²) in [6.07, 6.45) is 12.8. The number of aryl methyl sites for hydroxylation is 1. The molecule has 6 heteroatoms. The van der Waals surface area contributed by atoms with Gasteiger partial charge in [0.05, 0.1) is 18.6 Å². The van der Waals surface area contributed by atoms with E-state index in [-0.39, 0.29) is 0 Å². The molecule has 0 amide bonds. The van der Waals surface area contributed by atoms with Crippen molar-refractivity contribution in [2.24, 2.45) is 5.92 Å². The second-order valence-corrected chi connectivity index (χ2v) is 5.90. The molecule has 1 fully saturated rings. The van der Waals surface area contributed by atoms with Gasteiger partial charge in [-0.15, -0.1) is 0 Å². The van der Waals surface area contributed by atoms with Crippen molar-refractivity contribution in [1.82, 2.24) is 29.3 Å². The Balaban J connectivity index is 1.73. The lowest BCUT2D eigenvalue weighted by Gasteiger charge is -2.08. The third-order valence-corrected chi connectivity index (χ3v) is 3.99. The summed E-state index contributed by atoms with van der Waals surface area (Å²) in [4.78, 5) is 13.0. The van der Waals surface area contributed by atoms with Crippen molar-refractivity contribution in [2.75, 3.05) is 0 Å². The zero-order valence-corrected chi connectivity index (χ0v) is 12.6. The van der Waals surface area contributed by atoms with Crippen LogP contribution in [0.3, 0.4) is 0 Å². The van der Waals surface area contributed by atoms with Gasteiger partial charge in [-0.1, -0.05) is 0 Å². The van der Waals surface area contributed by atoms with Gasteiger partial charge in [-0.3, -0.25) is 4.98 Å². The number of aromatic nitrogens is 6. The van der Waals surface area contributed by atoms with Crippen LogP contribution >= 0.6 is 0 Å². The Labute approximate surface area is 128 Å². The van der Waals surface area contributed by atoms with Crippen molar-refractivity contribution in [3.05, 3.63) is 54.4 Å². The van der Waals surface area contributed by atoms with E-state index >= 15 is 0 Å². The molecule has 0 N–H and O–H groups in total. The van der Waals surface area contributed by atoms with E-state index in [1.807, 2.05) is 34.6 Å². The summed E-state index contributed by atoms with van der Waals surface area (Å²) in [6.45, 7) is 2.71. The first kappa shape index (κ1) is 13.2. The summed E-state index contributed by atoms with van der Waals surface area (Å²) in [5, 5.41) is 4.75. The third-order valence-electron chi connectivity index (χ3n) is 3.99. The molecule has 4 rings (SSSR count). The Kier molecular flexibility index (Phi) is 3.21. The van der Waals surface area contributed by atoms with Crippen LogP contribution in [-0.2, 0) is 13.0 Å². The fraction of sp³-hybridized carbons (Fsp3) is 0.375. The van der Waals surface area contributed by atoms with Gasteiger partial charge in [-0.2, -0.15) is 5.10 Å². The summed E-state index contributed by atoms with van der Waals surface area (Å²) >= 11 is 0. The molecule has 0 saturated heterocycles. The first-order valence-electron chi connectivity index (χ1n) is 7.61. The number of rotatable bonds is 5. The topological polar surface area (TPSA) is 61.4 Å². The highest BCUT2D eigenvalue weighted by Crippen LogP contribution is 2.32. The van der Waals surface area contributed by atoms with Crippen molar-refractivity contribution in [1.29, 1.82) is 0 Å². The Morgan fingerprint density at radius 2 is 2.14 bits per heavy atom. The molecule has 6 nitrogen and oxygen atoms in total. The molecular weight excluding hydrogens is 276 g/mol. The Bertz CT molecular complexity index is 770. The van der Waals surface area contributed by atoms with Gasteiger partial charge in [0, 0.05) is 31.2 Å². The highest BCUT2D eigenvalue weighted by Gasteiger charge is 2.24. The maximum Gasteiger partial charge on any atom is 0.152 e. The average molecular weight is 294 g/mol. The van der Waals surface area contributed by atoms with Crippen LogP contribution in [0.5, 0.6) is 0 Å². The minimum absolute atomic E-state index is 0.666. The van der Waals surface area contributed by atoms with E-state index in [9.17, 15) is 0 Å². The van der Waals surface area contributed by atoms with Gasteiger partial charge in [-0.05, 0) is 37.3 Å². The lowest BCUT2D eigenvalue weighted by atomic mass is 10.2. The molecule has 1 aliphatic rings. The number of hydrogen-bond donors (Lipinski definition) is 0. The average Bonchev–Trinajstić information content (AvgIpc) is 3.02. The number of imidazole rings is 1. The van der Waals surface area contributed by atoms with Crippen LogP contribution in [0.15, 0.2) is 37.2 Å². The fourth-order valence-electron chi connectivity index (χ4n) is 2.60. The smallest absolute Gasteiger partial charge is 0.152 e. The molecule has 0 aliphatic heterocycles. The van der Waals surface area contributed by atoms with Crippen molar-refractivity contribution in [3.63, 3.8) is 0 Å². The largest absolute Gasteiger partial charge is 0.330 e. The molecule has 0 radical (unpaired) electrons. The van der Waals surface area contributed by atoms with E-state index in [0.717, 1.165) is 35.2 Å². The number of hydrogen-bond acceptors (Lipinski definition) is 4. The molecule has 0 unspecified atom stereocenters. The van der Waals surface area contributed by atoms with E-state index in [2.05, 4.69) is 9.97 Å². The van der Waals surface area contributed by atoms with E-state index in [0.29, 0.717) is 6.54 Å². The molecule has 112 valence electrons. The molecule has 0 spiro atoms. The minimum Gasteiger partial charge on any atom is -0.330 e. The lowest BCUT2D eigenvalue weighted by Crippen LogP contribution is -2.08. The molecule has 1 aliphatic carbocycles. The van der Waals surface area contributed by atoms with E-state index in [1.165, 1.54) is 12.8 Å². The minimum atomic E-state index is 0.666. The SMILES string of the molecule is Cc1cnccc1-n1nc(CC2CC2)nc1Cn1ccnc1. The lowest BCUT2D eigenvalue weighted by molar-refractivity contribution is 0.697. The van der Waals surface area contributed by atoms with Gasteiger partial charge >= 0.3 is 0 Å².